The summed E-state index contributed by atoms with van der Waals surface area (Å²) in [6.45, 7) is 2.67. The Morgan fingerprint density at radius 2 is 1.78 bits per heavy atom. The molecule has 7 heteroatoms. The van der Waals surface area contributed by atoms with Crippen LogP contribution in [0.1, 0.15) is 50.0 Å². The number of nitrogens with one attached hydrogen (secondary N) is 1. The van der Waals surface area contributed by atoms with Crippen LogP contribution in [0.5, 0.6) is 0 Å². The molecule has 2 aromatic rings. The Labute approximate surface area is 189 Å². The summed E-state index contributed by atoms with van der Waals surface area (Å²) in [7, 11) is 2.06. The number of hydrogen-bond acceptors (Lipinski definition) is 3. The van der Waals surface area contributed by atoms with Gasteiger partial charge < -0.3 is 19.7 Å². The van der Waals surface area contributed by atoms with Crippen LogP contribution >= 0.6 is 0 Å². The molecule has 3 amide bonds. The third-order valence-electron chi connectivity index (χ3n) is 7.57. The summed E-state index contributed by atoms with van der Waals surface area (Å²) in [6.07, 6.45) is 8.69. The number of aryl methyl sites for hydroxylation is 1. The maximum absolute atomic E-state index is 12.8. The Hall–Kier alpha value is -3.01. The predicted molar refractivity (Wildman–Crippen MR) is 123 cm³/mol. The number of carbonyl (C=O) groups excluding carboxylic acids is 2. The van der Waals surface area contributed by atoms with Crippen LogP contribution in [0.15, 0.2) is 24.4 Å². The number of benzene rings is 1. The molecular weight excluding hydrogens is 402 g/mol. The zero-order valence-electron chi connectivity index (χ0n) is 18.7. The van der Waals surface area contributed by atoms with E-state index >= 15 is 0 Å². The lowest BCUT2D eigenvalue weighted by Crippen LogP contribution is -2.51. The highest BCUT2D eigenvalue weighted by molar-refractivity contribution is 5.94. The van der Waals surface area contributed by atoms with Crippen molar-refractivity contribution >= 4 is 28.5 Å². The molecule has 1 N–H and O–H groups in total. The fourth-order valence-corrected chi connectivity index (χ4v) is 5.60. The molecule has 7 nitrogen and oxygen atoms in total. The molecule has 2 saturated heterocycles. The second kappa shape index (κ2) is 8.50. The van der Waals surface area contributed by atoms with Crippen molar-refractivity contribution in [1.29, 1.82) is 5.26 Å². The lowest BCUT2D eigenvalue weighted by molar-refractivity contribution is -0.136. The fourth-order valence-electron chi connectivity index (χ4n) is 5.60. The van der Waals surface area contributed by atoms with Crippen LogP contribution in [0.25, 0.3) is 10.9 Å². The van der Waals surface area contributed by atoms with E-state index in [1.54, 1.807) is 4.90 Å². The average molecular weight is 434 g/mol. The van der Waals surface area contributed by atoms with E-state index in [0.717, 1.165) is 50.0 Å². The van der Waals surface area contributed by atoms with Crippen LogP contribution in [0.4, 0.5) is 10.5 Å². The van der Waals surface area contributed by atoms with Crippen LogP contribution in [0, 0.1) is 23.2 Å². The van der Waals surface area contributed by atoms with Crippen LogP contribution in [0.3, 0.4) is 0 Å². The topological polar surface area (TPSA) is 81.4 Å². The lowest BCUT2D eigenvalue weighted by Gasteiger charge is -2.35. The van der Waals surface area contributed by atoms with Gasteiger partial charge >= 0.3 is 6.03 Å². The third-order valence-corrected chi connectivity index (χ3v) is 7.57. The van der Waals surface area contributed by atoms with Gasteiger partial charge in [-0.05, 0) is 55.4 Å². The van der Waals surface area contributed by atoms with E-state index < -0.39 is 0 Å². The molecule has 168 valence electrons. The molecule has 3 aliphatic rings. The van der Waals surface area contributed by atoms with Crippen molar-refractivity contribution in [2.45, 2.75) is 44.4 Å². The monoisotopic (exact) mass is 433 g/mol. The number of nitrogens with zero attached hydrogens (tertiary/aromatic N) is 4. The zero-order valence-corrected chi connectivity index (χ0v) is 18.7. The Morgan fingerprint density at radius 1 is 1.06 bits per heavy atom. The van der Waals surface area contributed by atoms with E-state index in [4.69, 9.17) is 5.26 Å². The standard InChI is InChI=1S/C25H31N5O2/c1-28-16-22(18-8-10-29(11-9-18)24(31)19-4-2-3-5-19)21-12-20(6-7-23(21)28)27-25(32)30-14-17(13-26)15-30/h6-7,12,16-19H,2-5,8-11,14-15H2,1H3,(H,27,32). The maximum Gasteiger partial charge on any atom is 0.321 e. The smallest absolute Gasteiger partial charge is 0.321 e. The highest BCUT2D eigenvalue weighted by atomic mass is 16.2. The predicted octanol–water partition coefficient (Wildman–Crippen LogP) is 4.06. The molecule has 32 heavy (non-hydrogen) atoms. The van der Waals surface area contributed by atoms with Crippen LogP contribution in [-0.4, -0.2) is 52.5 Å². The fraction of sp³-hybridized carbons (Fsp3) is 0.560. The van der Waals surface area contributed by atoms with E-state index in [2.05, 4.69) is 46.2 Å². The van der Waals surface area contributed by atoms with Crippen LogP contribution in [0.2, 0.25) is 0 Å². The Kier molecular flexibility index (Phi) is 5.54. The average Bonchev–Trinajstić information content (AvgIpc) is 3.41. The molecule has 1 aromatic carbocycles. The summed E-state index contributed by atoms with van der Waals surface area (Å²) in [4.78, 5) is 29.0. The minimum absolute atomic E-state index is 0.0460. The molecule has 0 spiro atoms. The molecular formula is C25H31N5O2. The number of hydrogen-bond donors (Lipinski definition) is 1. The molecule has 0 unspecified atom stereocenters. The number of anilines is 1. The first kappa shape index (κ1) is 20.9. The minimum Gasteiger partial charge on any atom is -0.350 e. The van der Waals surface area contributed by atoms with Gasteiger partial charge in [0, 0.05) is 61.9 Å². The van der Waals surface area contributed by atoms with Crippen molar-refractivity contribution < 1.29 is 9.59 Å². The summed E-state index contributed by atoms with van der Waals surface area (Å²) in [5.41, 5.74) is 3.24. The quantitative estimate of drug-likeness (QED) is 0.792. The van der Waals surface area contributed by atoms with E-state index in [-0.39, 0.29) is 17.9 Å². The highest BCUT2D eigenvalue weighted by Crippen LogP contribution is 2.36. The van der Waals surface area contributed by atoms with Gasteiger partial charge in [0.15, 0.2) is 0 Å². The zero-order chi connectivity index (χ0) is 22.2. The summed E-state index contributed by atoms with van der Waals surface area (Å²) in [5, 5.41) is 13.1. The first-order chi connectivity index (χ1) is 15.5. The highest BCUT2D eigenvalue weighted by Gasteiger charge is 2.32. The van der Waals surface area contributed by atoms with Gasteiger partial charge in [-0.3, -0.25) is 4.79 Å². The largest absolute Gasteiger partial charge is 0.350 e. The molecule has 1 aliphatic carbocycles. The minimum atomic E-state index is -0.146. The van der Waals surface area contributed by atoms with Crippen molar-refractivity contribution in [3.63, 3.8) is 0 Å². The Morgan fingerprint density at radius 3 is 2.47 bits per heavy atom. The van der Waals surface area contributed by atoms with Crippen molar-refractivity contribution in [2.24, 2.45) is 18.9 Å². The Balaban J connectivity index is 1.28. The summed E-state index contributed by atoms with van der Waals surface area (Å²) in [5.74, 6) is 0.998. The molecule has 1 aromatic heterocycles. The number of urea groups is 1. The molecule has 2 aliphatic heterocycles. The summed E-state index contributed by atoms with van der Waals surface area (Å²) in [6, 6.07) is 8.12. The number of fused-ring (bicyclic) bond motifs is 1. The molecule has 1 saturated carbocycles. The van der Waals surface area contributed by atoms with Crippen LogP contribution < -0.4 is 5.32 Å². The second-order valence-corrected chi connectivity index (χ2v) is 9.67. The van der Waals surface area contributed by atoms with Gasteiger partial charge in [0.2, 0.25) is 5.91 Å². The van der Waals surface area contributed by atoms with Crippen molar-refractivity contribution in [1.82, 2.24) is 14.4 Å². The molecule has 5 rings (SSSR count). The van der Waals surface area contributed by atoms with E-state index in [0.29, 0.717) is 24.9 Å². The first-order valence-electron chi connectivity index (χ1n) is 11.9. The summed E-state index contributed by atoms with van der Waals surface area (Å²) < 4.78 is 2.15. The molecule has 3 fully saturated rings. The number of aromatic nitrogens is 1. The molecule has 3 heterocycles. The number of nitriles is 1. The normalized spacial score (nSPS) is 20.4. The Bertz CT molecular complexity index is 1060. The number of piperidine rings is 1. The number of amides is 3. The van der Waals surface area contributed by atoms with Gasteiger partial charge in [0.05, 0.1) is 12.0 Å². The number of rotatable bonds is 3. The molecule has 0 radical (unpaired) electrons. The van der Waals surface area contributed by atoms with Crippen molar-refractivity contribution in [3.05, 3.63) is 30.0 Å². The first-order valence-corrected chi connectivity index (χ1v) is 11.9. The SMILES string of the molecule is Cn1cc(C2CCN(C(=O)C3CCCC3)CC2)c2cc(NC(=O)N3CC(C#N)C3)ccc21. The summed E-state index contributed by atoms with van der Waals surface area (Å²) >= 11 is 0. The van der Waals surface area contributed by atoms with Gasteiger partial charge in [-0.1, -0.05) is 12.8 Å². The van der Waals surface area contributed by atoms with Gasteiger partial charge in [-0.2, -0.15) is 5.26 Å². The second-order valence-electron chi connectivity index (χ2n) is 9.67. The maximum atomic E-state index is 12.8. The van der Waals surface area contributed by atoms with Crippen molar-refractivity contribution in [2.75, 3.05) is 31.5 Å². The van der Waals surface area contributed by atoms with E-state index in [9.17, 15) is 9.59 Å². The van der Waals surface area contributed by atoms with Gasteiger partial charge in [0.1, 0.15) is 0 Å². The number of likely N-dealkylation sites (tertiary alicyclic amines) is 2. The van der Waals surface area contributed by atoms with E-state index in [1.165, 1.54) is 23.8 Å². The van der Waals surface area contributed by atoms with Gasteiger partial charge in [-0.15, -0.1) is 0 Å². The van der Waals surface area contributed by atoms with Gasteiger partial charge in [-0.25, -0.2) is 4.79 Å². The number of carbonyl (C=O) groups is 2. The van der Waals surface area contributed by atoms with Crippen LogP contribution in [-0.2, 0) is 11.8 Å². The van der Waals surface area contributed by atoms with E-state index in [1.807, 2.05) is 6.07 Å². The van der Waals surface area contributed by atoms with Gasteiger partial charge in [0.25, 0.3) is 0 Å². The molecule has 0 atom stereocenters. The lowest BCUT2D eigenvalue weighted by atomic mass is 9.88. The molecule has 0 bridgehead atoms. The third kappa shape index (κ3) is 3.83. The van der Waals surface area contributed by atoms with Crippen molar-refractivity contribution in [3.8, 4) is 6.07 Å².